The molecular formula is C18H27IN4O2. The number of aliphatic imine (C=N–C) groups is 1. The van der Waals surface area contributed by atoms with Gasteiger partial charge in [0, 0.05) is 26.8 Å². The number of ether oxygens (including phenoxy) is 1. The lowest BCUT2D eigenvalue weighted by atomic mass is 10.1. The largest absolute Gasteiger partial charge is 0.375 e. The van der Waals surface area contributed by atoms with Gasteiger partial charge in [0.1, 0.15) is 0 Å². The summed E-state index contributed by atoms with van der Waals surface area (Å²) in [4.78, 5) is 4.22. The molecule has 1 unspecified atom stereocenters. The Morgan fingerprint density at radius 1 is 1.24 bits per heavy atom. The number of aromatic nitrogens is 1. The van der Waals surface area contributed by atoms with Crippen LogP contribution in [0.4, 0.5) is 0 Å². The van der Waals surface area contributed by atoms with Crippen molar-refractivity contribution >= 4 is 29.9 Å². The van der Waals surface area contributed by atoms with Crippen LogP contribution in [0.15, 0.2) is 45.9 Å². The number of guanidine groups is 1. The van der Waals surface area contributed by atoms with E-state index in [9.17, 15) is 0 Å². The van der Waals surface area contributed by atoms with Gasteiger partial charge in [0.05, 0.1) is 18.3 Å². The standard InChI is InChI=1S/C18H26N4O2.HI/c1-13(2)16-10-15(24-22-16)11-20-18(19-3)21-12-17(23-4)14-8-6-5-7-9-14;/h5-10,13,17H,11-12H2,1-4H3,(H2,19,20,21);1H. The van der Waals surface area contributed by atoms with Gasteiger partial charge in [-0.1, -0.05) is 49.3 Å². The molecule has 1 atom stereocenters. The average Bonchev–Trinajstić information content (AvgIpc) is 3.08. The number of nitrogens with zero attached hydrogens (tertiary/aromatic N) is 2. The van der Waals surface area contributed by atoms with Crippen molar-refractivity contribution in [2.24, 2.45) is 4.99 Å². The van der Waals surface area contributed by atoms with Crippen molar-refractivity contribution in [2.75, 3.05) is 20.7 Å². The molecule has 1 aromatic heterocycles. The molecule has 0 saturated heterocycles. The molecule has 0 saturated carbocycles. The molecule has 0 radical (unpaired) electrons. The molecular weight excluding hydrogens is 431 g/mol. The maximum Gasteiger partial charge on any atom is 0.191 e. The summed E-state index contributed by atoms with van der Waals surface area (Å²) in [5, 5.41) is 10.5. The van der Waals surface area contributed by atoms with Crippen molar-refractivity contribution in [1.29, 1.82) is 0 Å². The highest BCUT2D eigenvalue weighted by atomic mass is 127. The van der Waals surface area contributed by atoms with Crippen molar-refractivity contribution in [3.8, 4) is 0 Å². The third-order valence-corrected chi connectivity index (χ3v) is 3.73. The topological polar surface area (TPSA) is 71.7 Å². The zero-order valence-electron chi connectivity index (χ0n) is 15.2. The number of hydrogen-bond donors (Lipinski definition) is 2. The fourth-order valence-electron chi connectivity index (χ4n) is 2.27. The molecule has 0 aliphatic rings. The molecule has 0 aliphatic carbocycles. The Hall–Kier alpha value is -1.61. The van der Waals surface area contributed by atoms with Crippen molar-refractivity contribution in [1.82, 2.24) is 15.8 Å². The Balaban J connectivity index is 0.00000312. The first kappa shape index (κ1) is 21.4. The summed E-state index contributed by atoms with van der Waals surface area (Å²) >= 11 is 0. The second-order valence-corrected chi connectivity index (χ2v) is 5.81. The van der Waals surface area contributed by atoms with Gasteiger partial charge in [0.2, 0.25) is 0 Å². The molecule has 2 N–H and O–H groups in total. The van der Waals surface area contributed by atoms with Crippen molar-refractivity contribution in [3.05, 3.63) is 53.4 Å². The molecule has 0 spiro atoms. The summed E-state index contributed by atoms with van der Waals surface area (Å²) in [6.45, 7) is 5.32. The molecule has 1 heterocycles. The fraction of sp³-hybridized carbons (Fsp3) is 0.444. The Kier molecular flexibility index (Phi) is 9.51. The number of benzene rings is 1. The van der Waals surface area contributed by atoms with E-state index in [0.29, 0.717) is 25.0 Å². The first-order valence-electron chi connectivity index (χ1n) is 8.11. The lowest BCUT2D eigenvalue weighted by Gasteiger charge is -2.18. The lowest BCUT2D eigenvalue weighted by Crippen LogP contribution is -2.39. The van der Waals surface area contributed by atoms with E-state index >= 15 is 0 Å². The van der Waals surface area contributed by atoms with Gasteiger partial charge in [-0.3, -0.25) is 4.99 Å². The number of halogens is 1. The minimum Gasteiger partial charge on any atom is -0.375 e. The highest BCUT2D eigenvalue weighted by Crippen LogP contribution is 2.15. The van der Waals surface area contributed by atoms with E-state index in [1.165, 1.54) is 0 Å². The zero-order chi connectivity index (χ0) is 17.4. The number of nitrogens with one attached hydrogen (secondary N) is 2. The molecule has 1 aromatic carbocycles. The van der Waals surface area contributed by atoms with E-state index in [1.54, 1.807) is 14.2 Å². The van der Waals surface area contributed by atoms with E-state index in [1.807, 2.05) is 36.4 Å². The first-order valence-corrected chi connectivity index (χ1v) is 8.11. The summed E-state index contributed by atoms with van der Waals surface area (Å²) in [6.07, 6.45) is -0.0393. The van der Waals surface area contributed by atoms with Crippen LogP contribution in [0.5, 0.6) is 0 Å². The fourth-order valence-corrected chi connectivity index (χ4v) is 2.27. The van der Waals surface area contributed by atoms with Crippen molar-refractivity contribution < 1.29 is 9.26 Å². The van der Waals surface area contributed by atoms with Gasteiger partial charge in [-0.15, -0.1) is 24.0 Å². The minimum atomic E-state index is -0.0393. The van der Waals surface area contributed by atoms with Crippen LogP contribution in [0.3, 0.4) is 0 Å². The quantitative estimate of drug-likeness (QED) is 0.378. The summed E-state index contributed by atoms with van der Waals surface area (Å²) in [5.74, 6) is 1.83. The predicted octanol–water partition coefficient (Wildman–Crippen LogP) is 3.47. The van der Waals surface area contributed by atoms with Crippen LogP contribution >= 0.6 is 24.0 Å². The Morgan fingerprint density at radius 3 is 2.52 bits per heavy atom. The third-order valence-electron chi connectivity index (χ3n) is 3.73. The maximum atomic E-state index is 5.55. The smallest absolute Gasteiger partial charge is 0.191 e. The Labute approximate surface area is 166 Å². The second kappa shape index (κ2) is 11.1. The molecule has 6 nitrogen and oxygen atoms in total. The summed E-state index contributed by atoms with van der Waals surface area (Å²) in [6, 6.07) is 12.1. The molecule has 25 heavy (non-hydrogen) atoms. The highest BCUT2D eigenvalue weighted by molar-refractivity contribution is 14.0. The van der Waals surface area contributed by atoms with Gasteiger partial charge in [0.15, 0.2) is 11.7 Å². The van der Waals surface area contributed by atoms with Gasteiger partial charge in [0.25, 0.3) is 0 Å². The minimum absolute atomic E-state index is 0. The summed E-state index contributed by atoms with van der Waals surface area (Å²) in [5.41, 5.74) is 2.08. The monoisotopic (exact) mass is 458 g/mol. The molecule has 7 heteroatoms. The second-order valence-electron chi connectivity index (χ2n) is 5.81. The van der Waals surface area contributed by atoms with Gasteiger partial charge in [-0.25, -0.2) is 0 Å². The number of methoxy groups -OCH3 is 1. The van der Waals surface area contributed by atoms with Crippen molar-refractivity contribution in [3.63, 3.8) is 0 Å². The molecule has 2 rings (SSSR count). The molecule has 0 fully saturated rings. The number of hydrogen-bond acceptors (Lipinski definition) is 4. The molecule has 138 valence electrons. The van der Waals surface area contributed by atoms with E-state index in [4.69, 9.17) is 9.26 Å². The van der Waals surface area contributed by atoms with Crippen LogP contribution in [0.25, 0.3) is 0 Å². The van der Waals surface area contributed by atoms with Gasteiger partial charge in [-0.05, 0) is 11.5 Å². The summed E-state index contributed by atoms with van der Waals surface area (Å²) < 4.78 is 10.9. The van der Waals surface area contributed by atoms with Gasteiger partial charge in [-0.2, -0.15) is 0 Å². The number of rotatable bonds is 7. The molecule has 0 bridgehead atoms. The average molecular weight is 458 g/mol. The van der Waals surface area contributed by atoms with E-state index in [0.717, 1.165) is 17.0 Å². The van der Waals surface area contributed by atoms with Crippen LogP contribution in [0.1, 0.15) is 42.9 Å². The van der Waals surface area contributed by atoms with E-state index < -0.39 is 0 Å². The summed E-state index contributed by atoms with van der Waals surface area (Å²) in [7, 11) is 3.44. The van der Waals surface area contributed by atoms with Crippen LogP contribution in [0.2, 0.25) is 0 Å². The Morgan fingerprint density at radius 2 is 1.96 bits per heavy atom. The Bertz CT molecular complexity index is 644. The first-order chi connectivity index (χ1) is 11.6. The van der Waals surface area contributed by atoms with Crippen LogP contribution in [-0.2, 0) is 11.3 Å². The van der Waals surface area contributed by atoms with Crippen molar-refractivity contribution in [2.45, 2.75) is 32.4 Å². The van der Waals surface area contributed by atoms with Crippen LogP contribution in [-0.4, -0.2) is 31.8 Å². The maximum absolute atomic E-state index is 5.55. The van der Waals surface area contributed by atoms with Gasteiger partial charge >= 0.3 is 0 Å². The SMILES string of the molecule is CN=C(NCc1cc(C(C)C)no1)NCC(OC)c1ccccc1.I. The predicted molar refractivity (Wildman–Crippen MR) is 110 cm³/mol. The van der Waals surface area contributed by atoms with E-state index in [-0.39, 0.29) is 30.1 Å². The van der Waals surface area contributed by atoms with Crippen LogP contribution in [0, 0.1) is 0 Å². The molecule has 2 aromatic rings. The molecule has 0 amide bonds. The van der Waals surface area contributed by atoms with Crippen LogP contribution < -0.4 is 10.6 Å². The lowest BCUT2D eigenvalue weighted by molar-refractivity contribution is 0.106. The van der Waals surface area contributed by atoms with E-state index in [2.05, 4.69) is 34.6 Å². The normalized spacial score (nSPS) is 12.6. The molecule has 0 aliphatic heterocycles. The van der Waals surface area contributed by atoms with Gasteiger partial charge < -0.3 is 19.9 Å². The third kappa shape index (κ3) is 6.66. The highest BCUT2D eigenvalue weighted by Gasteiger charge is 2.12. The zero-order valence-corrected chi connectivity index (χ0v) is 17.5.